The molecule has 0 aromatic heterocycles. The zero-order valence-corrected chi connectivity index (χ0v) is 7.98. The van der Waals surface area contributed by atoms with Gasteiger partial charge in [0.2, 0.25) is 0 Å². The number of carboxylic acids is 1. The maximum Gasteiger partial charge on any atom is 0.331 e. The molecule has 0 radical (unpaired) electrons. The summed E-state index contributed by atoms with van der Waals surface area (Å²) in [4.78, 5) is 10.7. The Labute approximate surface area is 73.3 Å². The highest BCUT2D eigenvalue weighted by Gasteiger charge is 2.27. The lowest BCUT2D eigenvalue weighted by molar-refractivity contribution is -0.133. The minimum atomic E-state index is -0.733. The van der Waals surface area contributed by atoms with Gasteiger partial charge in [-0.15, -0.1) is 0 Å². The molecule has 1 N–H and O–H groups in total. The summed E-state index contributed by atoms with van der Waals surface area (Å²) in [6.45, 7) is 6.31. The van der Waals surface area contributed by atoms with Gasteiger partial charge >= 0.3 is 5.97 Å². The molecule has 0 saturated heterocycles. The van der Waals surface area contributed by atoms with Gasteiger partial charge in [-0.05, 0) is 31.6 Å². The Morgan fingerprint density at radius 1 is 1.50 bits per heavy atom. The Bertz CT molecular complexity index is 236. The molecule has 2 heteroatoms. The molecule has 0 aromatic rings. The van der Waals surface area contributed by atoms with Gasteiger partial charge in [0.1, 0.15) is 0 Å². The van der Waals surface area contributed by atoms with Crippen molar-refractivity contribution in [1.29, 1.82) is 0 Å². The van der Waals surface area contributed by atoms with E-state index in [1.807, 2.05) is 6.92 Å². The summed E-state index contributed by atoms with van der Waals surface area (Å²) in [5, 5.41) is 8.82. The van der Waals surface area contributed by atoms with Crippen LogP contribution >= 0.6 is 0 Å². The van der Waals surface area contributed by atoms with Crippen LogP contribution in [0.25, 0.3) is 0 Å². The van der Waals surface area contributed by atoms with Crippen LogP contribution in [0.15, 0.2) is 11.1 Å². The summed E-state index contributed by atoms with van der Waals surface area (Å²) in [5.74, 6) is -0.733. The number of aliphatic carboxylic acids is 1. The summed E-state index contributed by atoms with van der Waals surface area (Å²) in [6.07, 6.45) is 2.65. The molecule has 0 atom stereocenters. The van der Waals surface area contributed by atoms with Gasteiger partial charge in [-0.3, -0.25) is 0 Å². The Morgan fingerprint density at radius 2 is 2.08 bits per heavy atom. The molecule has 0 saturated carbocycles. The van der Waals surface area contributed by atoms with Gasteiger partial charge in [-0.2, -0.15) is 0 Å². The first-order valence-electron chi connectivity index (χ1n) is 4.34. The molecule has 12 heavy (non-hydrogen) atoms. The number of carboxylic acid groups (broad SMARTS) is 1. The van der Waals surface area contributed by atoms with Crippen LogP contribution in [0.5, 0.6) is 0 Å². The molecule has 2 nitrogen and oxygen atoms in total. The summed E-state index contributed by atoms with van der Waals surface area (Å²) >= 11 is 0. The van der Waals surface area contributed by atoms with Crippen LogP contribution in [0, 0.1) is 5.41 Å². The molecule has 1 aliphatic rings. The molecule has 68 valence electrons. The molecule has 0 heterocycles. The smallest absolute Gasteiger partial charge is 0.331 e. The van der Waals surface area contributed by atoms with E-state index in [0.29, 0.717) is 11.0 Å². The third-order valence-electron chi connectivity index (χ3n) is 2.57. The molecule has 1 rings (SSSR count). The van der Waals surface area contributed by atoms with Gasteiger partial charge in [0, 0.05) is 5.57 Å². The maximum absolute atomic E-state index is 10.7. The lowest BCUT2D eigenvalue weighted by atomic mass is 9.75. The van der Waals surface area contributed by atoms with Gasteiger partial charge in [0.05, 0.1) is 0 Å². The number of hydrogen-bond donors (Lipinski definition) is 1. The lowest BCUT2D eigenvalue weighted by Gasteiger charge is -2.30. The van der Waals surface area contributed by atoms with E-state index in [-0.39, 0.29) is 0 Å². The molecule has 1 aliphatic carbocycles. The first kappa shape index (κ1) is 9.30. The van der Waals surface area contributed by atoms with E-state index in [2.05, 4.69) is 13.8 Å². The van der Waals surface area contributed by atoms with Crippen molar-refractivity contribution in [3.05, 3.63) is 11.1 Å². The molecular weight excluding hydrogens is 152 g/mol. The van der Waals surface area contributed by atoms with E-state index in [9.17, 15) is 4.79 Å². The van der Waals surface area contributed by atoms with E-state index in [0.717, 1.165) is 24.8 Å². The Kier molecular flexibility index (Phi) is 2.27. The van der Waals surface area contributed by atoms with Gasteiger partial charge in [-0.25, -0.2) is 4.79 Å². The predicted octanol–water partition coefficient (Wildman–Crippen LogP) is 2.60. The van der Waals surface area contributed by atoms with Crippen molar-refractivity contribution in [3.63, 3.8) is 0 Å². The minimum Gasteiger partial charge on any atom is -0.478 e. The summed E-state index contributed by atoms with van der Waals surface area (Å²) in [6, 6.07) is 0. The van der Waals surface area contributed by atoms with Crippen molar-refractivity contribution in [1.82, 2.24) is 0 Å². The van der Waals surface area contributed by atoms with Crippen molar-refractivity contribution >= 4 is 5.97 Å². The van der Waals surface area contributed by atoms with Crippen molar-refractivity contribution in [2.75, 3.05) is 0 Å². The first-order valence-corrected chi connectivity index (χ1v) is 4.34. The number of allylic oxidation sites excluding steroid dienone is 1. The monoisotopic (exact) mass is 168 g/mol. The van der Waals surface area contributed by atoms with E-state index in [4.69, 9.17) is 5.11 Å². The van der Waals surface area contributed by atoms with Crippen LogP contribution in [0.1, 0.15) is 40.0 Å². The summed E-state index contributed by atoms with van der Waals surface area (Å²) < 4.78 is 0. The van der Waals surface area contributed by atoms with E-state index < -0.39 is 5.97 Å². The molecule has 0 amide bonds. The van der Waals surface area contributed by atoms with E-state index in [1.165, 1.54) is 0 Å². The molecule has 0 fully saturated rings. The SMILES string of the molecule is CC1=C(C(=O)O)CCC(C)(C)C1. The quantitative estimate of drug-likeness (QED) is 0.653. The van der Waals surface area contributed by atoms with E-state index >= 15 is 0 Å². The number of hydrogen-bond acceptors (Lipinski definition) is 1. The first-order chi connectivity index (χ1) is 5.42. The molecule has 0 aliphatic heterocycles. The van der Waals surface area contributed by atoms with Crippen molar-refractivity contribution in [3.8, 4) is 0 Å². The van der Waals surface area contributed by atoms with Crippen molar-refractivity contribution in [2.24, 2.45) is 5.41 Å². The topological polar surface area (TPSA) is 37.3 Å². The van der Waals surface area contributed by atoms with Crippen LogP contribution in [0.4, 0.5) is 0 Å². The highest BCUT2D eigenvalue weighted by molar-refractivity contribution is 5.87. The maximum atomic E-state index is 10.7. The fourth-order valence-electron chi connectivity index (χ4n) is 1.88. The highest BCUT2D eigenvalue weighted by Crippen LogP contribution is 2.38. The summed E-state index contributed by atoms with van der Waals surface area (Å²) in [5.41, 5.74) is 1.98. The fourth-order valence-corrected chi connectivity index (χ4v) is 1.88. The molecule has 0 bridgehead atoms. The zero-order chi connectivity index (χ0) is 9.35. The van der Waals surface area contributed by atoms with Crippen LogP contribution in [-0.2, 0) is 4.79 Å². The molecular formula is C10H16O2. The van der Waals surface area contributed by atoms with Crippen LogP contribution in [0.2, 0.25) is 0 Å². The third-order valence-corrected chi connectivity index (χ3v) is 2.57. The Hall–Kier alpha value is -0.790. The largest absolute Gasteiger partial charge is 0.478 e. The second kappa shape index (κ2) is 2.92. The standard InChI is InChI=1S/C10H16O2/c1-7-6-10(2,3)5-4-8(7)9(11)12/h4-6H2,1-3H3,(H,11,12). The van der Waals surface area contributed by atoms with Crippen molar-refractivity contribution < 1.29 is 9.90 Å². The summed E-state index contributed by atoms with van der Waals surface area (Å²) in [7, 11) is 0. The van der Waals surface area contributed by atoms with Gasteiger partial charge in [-0.1, -0.05) is 19.4 Å². The van der Waals surface area contributed by atoms with E-state index in [1.54, 1.807) is 0 Å². The van der Waals surface area contributed by atoms with Crippen LogP contribution < -0.4 is 0 Å². The highest BCUT2D eigenvalue weighted by atomic mass is 16.4. The zero-order valence-electron chi connectivity index (χ0n) is 7.98. The van der Waals surface area contributed by atoms with Crippen molar-refractivity contribution in [2.45, 2.75) is 40.0 Å². The second-order valence-electron chi connectivity index (χ2n) is 4.41. The van der Waals surface area contributed by atoms with Crippen LogP contribution in [-0.4, -0.2) is 11.1 Å². The molecule has 0 spiro atoms. The average molecular weight is 168 g/mol. The Balaban J connectivity index is 2.85. The Morgan fingerprint density at radius 3 is 2.50 bits per heavy atom. The second-order valence-corrected chi connectivity index (χ2v) is 4.41. The predicted molar refractivity (Wildman–Crippen MR) is 48.0 cm³/mol. The normalized spacial score (nSPS) is 22.6. The van der Waals surface area contributed by atoms with Gasteiger partial charge in [0.15, 0.2) is 0 Å². The number of rotatable bonds is 1. The fraction of sp³-hybridized carbons (Fsp3) is 0.700. The molecule has 0 aromatic carbocycles. The lowest BCUT2D eigenvalue weighted by Crippen LogP contribution is -2.20. The van der Waals surface area contributed by atoms with Crippen LogP contribution in [0.3, 0.4) is 0 Å². The average Bonchev–Trinajstić information content (AvgIpc) is 1.83. The number of carbonyl (C=O) groups is 1. The minimum absolute atomic E-state index is 0.295. The van der Waals surface area contributed by atoms with Gasteiger partial charge < -0.3 is 5.11 Å². The third kappa shape index (κ3) is 1.87. The van der Waals surface area contributed by atoms with Gasteiger partial charge in [0.25, 0.3) is 0 Å². The molecule has 0 unspecified atom stereocenters.